The van der Waals surface area contributed by atoms with Gasteiger partial charge in [-0.15, -0.1) is 0 Å². The monoisotopic (exact) mass is 275 g/mol. The Bertz CT molecular complexity index is 577. The van der Waals surface area contributed by atoms with Gasteiger partial charge >= 0.3 is 5.97 Å². The number of methoxy groups -OCH3 is 1. The predicted molar refractivity (Wildman–Crippen MR) is 74.1 cm³/mol. The third kappa shape index (κ3) is 3.61. The molecule has 0 aliphatic carbocycles. The van der Waals surface area contributed by atoms with Crippen molar-refractivity contribution in [2.24, 2.45) is 0 Å². The lowest BCUT2D eigenvalue weighted by Crippen LogP contribution is -2.17. The summed E-state index contributed by atoms with van der Waals surface area (Å²) >= 11 is 0. The number of furan rings is 1. The van der Waals surface area contributed by atoms with Crippen molar-refractivity contribution in [1.29, 1.82) is 0 Å². The molecule has 20 heavy (non-hydrogen) atoms. The predicted octanol–water partition coefficient (Wildman–Crippen LogP) is 2.32. The second-order valence-electron chi connectivity index (χ2n) is 4.36. The van der Waals surface area contributed by atoms with Crippen LogP contribution in [-0.2, 0) is 13.0 Å². The zero-order valence-corrected chi connectivity index (χ0v) is 11.3. The number of nitrogens with one attached hydrogen (secondary N) is 1. The fraction of sp³-hybridized carbons (Fsp3) is 0.267. The van der Waals surface area contributed by atoms with Crippen molar-refractivity contribution < 1.29 is 19.1 Å². The van der Waals surface area contributed by atoms with E-state index >= 15 is 0 Å². The van der Waals surface area contributed by atoms with Crippen molar-refractivity contribution in [1.82, 2.24) is 5.32 Å². The molecule has 1 aromatic heterocycles. The van der Waals surface area contributed by atoms with Crippen molar-refractivity contribution in [3.05, 3.63) is 53.5 Å². The zero-order valence-electron chi connectivity index (χ0n) is 11.3. The minimum absolute atomic E-state index is 0.00104. The average Bonchev–Trinajstić information content (AvgIpc) is 2.92. The molecule has 0 spiro atoms. The third-order valence-corrected chi connectivity index (χ3v) is 2.98. The van der Waals surface area contributed by atoms with Gasteiger partial charge in [0.15, 0.2) is 0 Å². The molecule has 5 heteroatoms. The summed E-state index contributed by atoms with van der Waals surface area (Å²) in [4.78, 5) is 10.9. The van der Waals surface area contributed by atoms with Gasteiger partial charge in [0.05, 0.1) is 13.4 Å². The fourth-order valence-corrected chi connectivity index (χ4v) is 1.95. The molecule has 0 saturated heterocycles. The van der Waals surface area contributed by atoms with Crippen LogP contribution in [0, 0.1) is 0 Å². The Morgan fingerprint density at radius 1 is 1.40 bits per heavy atom. The summed E-state index contributed by atoms with van der Waals surface area (Å²) in [6.45, 7) is 1.22. The van der Waals surface area contributed by atoms with Crippen LogP contribution < -0.4 is 10.1 Å². The maximum absolute atomic E-state index is 10.9. The Labute approximate surface area is 117 Å². The SMILES string of the molecule is COc1cccc(CCNCc2ccoc2C(=O)O)c1. The highest BCUT2D eigenvalue weighted by Crippen LogP contribution is 2.13. The van der Waals surface area contributed by atoms with Gasteiger partial charge in [0.25, 0.3) is 0 Å². The van der Waals surface area contributed by atoms with Crippen LogP contribution in [0.5, 0.6) is 5.75 Å². The van der Waals surface area contributed by atoms with E-state index in [0.29, 0.717) is 12.1 Å². The summed E-state index contributed by atoms with van der Waals surface area (Å²) in [5, 5.41) is 12.1. The Kier molecular flexibility index (Phi) is 4.79. The van der Waals surface area contributed by atoms with Crippen LogP contribution in [0.25, 0.3) is 0 Å². The van der Waals surface area contributed by atoms with Gasteiger partial charge in [-0.05, 0) is 36.7 Å². The highest BCUT2D eigenvalue weighted by Gasteiger charge is 2.12. The zero-order chi connectivity index (χ0) is 14.4. The molecule has 2 N–H and O–H groups in total. The van der Waals surface area contributed by atoms with E-state index in [2.05, 4.69) is 5.32 Å². The topological polar surface area (TPSA) is 71.7 Å². The van der Waals surface area contributed by atoms with Crippen LogP contribution in [0.2, 0.25) is 0 Å². The molecule has 1 heterocycles. The van der Waals surface area contributed by atoms with E-state index in [1.54, 1.807) is 13.2 Å². The van der Waals surface area contributed by atoms with Crippen molar-refractivity contribution >= 4 is 5.97 Å². The average molecular weight is 275 g/mol. The highest BCUT2D eigenvalue weighted by atomic mass is 16.5. The molecule has 106 valence electrons. The number of carboxylic acids is 1. The van der Waals surface area contributed by atoms with E-state index in [9.17, 15) is 4.79 Å². The first-order chi connectivity index (χ1) is 9.70. The number of hydrogen-bond acceptors (Lipinski definition) is 4. The molecule has 2 rings (SSSR count). The Morgan fingerprint density at radius 2 is 2.25 bits per heavy atom. The summed E-state index contributed by atoms with van der Waals surface area (Å²) < 4.78 is 10.1. The lowest BCUT2D eigenvalue weighted by atomic mass is 10.1. The molecular weight excluding hydrogens is 258 g/mol. The minimum Gasteiger partial charge on any atom is -0.497 e. The van der Waals surface area contributed by atoms with Crippen LogP contribution in [-0.4, -0.2) is 24.7 Å². The number of benzene rings is 1. The van der Waals surface area contributed by atoms with Crippen LogP contribution in [0.3, 0.4) is 0 Å². The van der Waals surface area contributed by atoms with E-state index in [0.717, 1.165) is 18.7 Å². The van der Waals surface area contributed by atoms with Gasteiger partial charge in [-0.1, -0.05) is 12.1 Å². The molecule has 0 fully saturated rings. The van der Waals surface area contributed by atoms with E-state index in [1.807, 2.05) is 24.3 Å². The van der Waals surface area contributed by atoms with Gasteiger partial charge in [-0.25, -0.2) is 4.79 Å². The smallest absolute Gasteiger partial charge is 0.372 e. The molecular formula is C15H17NO4. The lowest BCUT2D eigenvalue weighted by molar-refractivity contribution is 0.0660. The van der Waals surface area contributed by atoms with Gasteiger partial charge in [-0.2, -0.15) is 0 Å². The van der Waals surface area contributed by atoms with Gasteiger partial charge in [0, 0.05) is 12.1 Å². The summed E-state index contributed by atoms with van der Waals surface area (Å²) in [5.41, 5.74) is 1.82. The van der Waals surface area contributed by atoms with Gasteiger partial charge in [-0.3, -0.25) is 0 Å². The van der Waals surface area contributed by atoms with Gasteiger partial charge in [0.1, 0.15) is 5.75 Å². The Morgan fingerprint density at radius 3 is 3.00 bits per heavy atom. The number of hydrogen-bond donors (Lipinski definition) is 2. The Balaban J connectivity index is 1.81. The first-order valence-electron chi connectivity index (χ1n) is 6.34. The maximum atomic E-state index is 10.9. The van der Waals surface area contributed by atoms with Crippen LogP contribution in [0.15, 0.2) is 41.0 Å². The van der Waals surface area contributed by atoms with E-state index in [-0.39, 0.29) is 5.76 Å². The normalized spacial score (nSPS) is 10.4. The first kappa shape index (κ1) is 14.1. The van der Waals surface area contributed by atoms with E-state index in [1.165, 1.54) is 11.8 Å². The molecule has 2 aromatic rings. The molecule has 0 amide bonds. The van der Waals surface area contributed by atoms with Crippen molar-refractivity contribution in [2.45, 2.75) is 13.0 Å². The highest BCUT2D eigenvalue weighted by molar-refractivity contribution is 5.86. The molecule has 0 saturated carbocycles. The second-order valence-corrected chi connectivity index (χ2v) is 4.36. The van der Waals surface area contributed by atoms with Crippen LogP contribution in [0.1, 0.15) is 21.7 Å². The van der Waals surface area contributed by atoms with Gasteiger partial charge in [0.2, 0.25) is 5.76 Å². The first-order valence-corrected chi connectivity index (χ1v) is 6.34. The fourth-order valence-electron chi connectivity index (χ4n) is 1.95. The lowest BCUT2D eigenvalue weighted by Gasteiger charge is -2.06. The summed E-state index contributed by atoms with van der Waals surface area (Å²) in [5.74, 6) is -0.205. The summed E-state index contributed by atoms with van der Waals surface area (Å²) in [7, 11) is 1.64. The molecule has 0 atom stereocenters. The molecule has 0 aliphatic heterocycles. The van der Waals surface area contributed by atoms with Crippen molar-refractivity contribution in [3.63, 3.8) is 0 Å². The molecule has 0 unspecified atom stereocenters. The van der Waals surface area contributed by atoms with Crippen molar-refractivity contribution in [2.75, 3.05) is 13.7 Å². The van der Waals surface area contributed by atoms with Gasteiger partial charge < -0.3 is 19.6 Å². The third-order valence-electron chi connectivity index (χ3n) is 2.98. The van der Waals surface area contributed by atoms with E-state index in [4.69, 9.17) is 14.3 Å². The largest absolute Gasteiger partial charge is 0.497 e. The maximum Gasteiger partial charge on any atom is 0.372 e. The molecule has 0 radical (unpaired) electrons. The quantitative estimate of drug-likeness (QED) is 0.759. The molecule has 1 aromatic carbocycles. The second kappa shape index (κ2) is 6.77. The number of carboxylic acid groups (broad SMARTS) is 1. The number of aromatic carboxylic acids is 1. The number of ether oxygens (including phenoxy) is 1. The van der Waals surface area contributed by atoms with Crippen LogP contribution >= 0.6 is 0 Å². The Hall–Kier alpha value is -2.27. The van der Waals surface area contributed by atoms with Crippen LogP contribution in [0.4, 0.5) is 0 Å². The number of carbonyl (C=O) groups is 1. The minimum atomic E-state index is -1.04. The van der Waals surface area contributed by atoms with Crippen molar-refractivity contribution in [3.8, 4) is 5.75 Å². The standard InChI is InChI=1S/C15H17NO4/c1-19-13-4-2-3-11(9-13)5-7-16-10-12-6-8-20-14(12)15(17)18/h2-4,6,8-9,16H,5,7,10H2,1H3,(H,17,18). The summed E-state index contributed by atoms with van der Waals surface area (Å²) in [6.07, 6.45) is 2.24. The molecule has 5 nitrogen and oxygen atoms in total. The van der Waals surface area contributed by atoms with E-state index < -0.39 is 5.97 Å². The summed E-state index contributed by atoms with van der Waals surface area (Å²) in [6, 6.07) is 9.54. The molecule has 0 aliphatic rings. The molecule has 0 bridgehead atoms. The number of rotatable bonds is 7.